The molecule has 0 aliphatic carbocycles. The molecule has 1 unspecified atom stereocenters. The quantitative estimate of drug-likeness (QED) is 0.429. The number of allylic oxidation sites excluding steroid dienone is 2. The van der Waals surface area contributed by atoms with Gasteiger partial charge < -0.3 is 16.4 Å². The first-order chi connectivity index (χ1) is 4.86. The van der Waals surface area contributed by atoms with Gasteiger partial charge in [-0.3, -0.25) is 0 Å². The molecule has 0 aromatic rings. The first-order valence-electron chi connectivity index (χ1n) is 3.23. The molecule has 0 aromatic carbocycles. The third kappa shape index (κ3) is 0.673. The number of hydrogen-bond donors (Lipinski definition) is 3. The topological polar surface area (TPSA) is 50.1 Å². The first-order valence-corrected chi connectivity index (χ1v) is 3.23. The third-order valence-corrected chi connectivity index (χ3v) is 1.64. The fourth-order valence-electron chi connectivity index (χ4n) is 1.11. The lowest BCUT2D eigenvalue weighted by molar-refractivity contribution is 0.603. The van der Waals surface area contributed by atoms with Crippen LogP contribution in [0.15, 0.2) is 35.8 Å². The average molecular weight is 135 g/mol. The summed E-state index contributed by atoms with van der Waals surface area (Å²) in [4.78, 5) is 0. The van der Waals surface area contributed by atoms with Crippen LogP contribution in [0.3, 0.4) is 0 Å². The highest BCUT2D eigenvalue weighted by molar-refractivity contribution is 5.37. The normalized spacial score (nSPS) is 27.8. The molecule has 1 atom stereocenters. The van der Waals surface area contributed by atoms with Crippen LogP contribution in [0.2, 0.25) is 0 Å². The molecule has 0 saturated heterocycles. The predicted octanol–water partition coefficient (Wildman–Crippen LogP) is -0.241. The zero-order chi connectivity index (χ0) is 6.97. The second-order valence-electron chi connectivity index (χ2n) is 2.37. The van der Waals surface area contributed by atoms with Gasteiger partial charge in [-0.05, 0) is 23.9 Å². The fourth-order valence-corrected chi connectivity index (χ4v) is 1.11. The predicted molar refractivity (Wildman–Crippen MR) is 39.6 cm³/mol. The molecule has 10 heavy (non-hydrogen) atoms. The first kappa shape index (κ1) is 5.41. The van der Waals surface area contributed by atoms with Crippen molar-refractivity contribution in [2.45, 2.75) is 6.17 Å². The van der Waals surface area contributed by atoms with Gasteiger partial charge in [-0.1, -0.05) is 6.08 Å². The minimum absolute atomic E-state index is 0.199. The van der Waals surface area contributed by atoms with Crippen LogP contribution in [-0.2, 0) is 0 Å². The number of nitrogens with one attached hydrogen (secondary N) is 2. The van der Waals surface area contributed by atoms with Crippen molar-refractivity contribution in [2.75, 3.05) is 0 Å². The molecule has 0 fully saturated rings. The van der Waals surface area contributed by atoms with Crippen molar-refractivity contribution < 1.29 is 0 Å². The molecular formula is C7H9N3. The molecule has 0 amide bonds. The van der Waals surface area contributed by atoms with Crippen LogP contribution in [0.1, 0.15) is 0 Å². The molecule has 2 aliphatic rings. The number of rotatable bonds is 0. The highest BCUT2D eigenvalue weighted by Crippen LogP contribution is 2.12. The van der Waals surface area contributed by atoms with Gasteiger partial charge in [0.05, 0.1) is 5.82 Å². The van der Waals surface area contributed by atoms with Crippen LogP contribution in [0.25, 0.3) is 0 Å². The second kappa shape index (κ2) is 1.80. The van der Waals surface area contributed by atoms with E-state index >= 15 is 0 Å². The minimum Gasteiger partial charge on any atom is -0.385 e. The van der Waals surface area contributed by atoms with E-state index in [4.69, 9.17) is 5.73 Å². The van der Waals surface area contributed by atoms with Gasteiger partial charge in [-0.25, -0.2) is 0 Å². The number of fused-ring (bicyclic) bond motifs is 1. The molecule has 2 heterocycles. The van der Waals surface area contributed by atoms with E-state index in [1.54, 1.807) is 0 Å². The Hall–Kier alpha value is -1.38. The SMILES string of the molecule is NC1=CC=C2C=CNC2N1. The Kier molecular flexibility index (Phi) is 0.974. The smallest absolute Gasteiger partial charge is 0.124 e. The van der Waals surface area contributed by atoms with Gasteiger partial charge in [0.2, 0.25) is 0 Å². The van der Waals surface area contributed by atoms with Gasteiger partial charge in [-0.2, -0.15) is 0 Å². The zero-order valence-electron chi connectivity index (χ0n) is 5.46. The molecule has 0 aromatic heterocycles. The summed E-state index contributed by atoms with van der Waals surface area (Å²) < 4.78 is 0. The Bertz CT molecular complexity index is 237. The molecule has 0 saturated carbocycles. The molecule has 0 radical (unpaired) electrons. The standard InChI is InChI=1S/C7H9N3/c8-6-2-1-5-3-4-9-7(5)10-6/h1-4,7,9-10H,8H2. The highest BCUT2D eigenvalue weighted by Gasteiger charge is 2.16. The van der Waals surface area contributed by atoms with Crippen molar-refractivity contribution in [1.82, 2.24) is 10.6 Å². The average Bonchev–Trinajstić information content (AvgIpc) is 2.33. The largest absolute Gasteiger partial charge is 0.385 e. The second-order valence-corrected chi connectivity index (χ2v) is 2.37. The van der Waals surface area contributed by atoms with Gasteiger partial charge >= 0.3 is 0 Å². The maximum atomic E-state index is 5.53. The van der Waals surface area contributed by atoms with E-state index in [2.05, 4.69) is 10.6 Å². The van der Waals surface area contributed by atoms with Gasteiger partial charge in [0.1, 0.15) is 6.17 Å². The molecule has 4 N–H and O–H groups in total. The Morgan fingerprint density at radius 2 is 2.30 bits per heavy atom. The van der Waals surface area contributed by atoms with E-state index < -0.39 is 0 Å². The molecule has 52 valence electrons. The van der Waals surface area contributed by atoms with Crippen LogP contribution >= 0.6 is 0 Å². The Balaban J connectivity index is 2.30. The summed E-state index contributed by atoms with van der Waals surface area (Å²) in [6, 6.07) is 0. The van der Waals surface area contributed by atoms with E-state index in [-0.39, 0.29) is 6.17 Å². The van der Waals surface area contributed by atoms with Gasteiger partial charge in [-0.15, -0.1) is 0 Å². The van der Waals surface area contributed by atoms with Crippen molar-refractivity contribution in [3.8, 4) is 0 Å². The highest BCUT2D eigenvalue weighted by atomic mass is 15.2. The van der Waals surface area contributed by atoms with Crippen molar-refractivity contribution in [1.29, 1.82) is 0 Å². The molecular weight excluding hydrogens is 126 g/mol. The van der Waals surface area contributed by atoms with Crippen molar-refractivity contribution in [2.24, 2.45) is 5.73 Å². The maximum Gasteiger partial charge on any atom is 0.124 e. The Morgan fingerprint density at radius 3 is 3.20 bits per heavy atom. The van der Waals surface area contributed by atoms with E-state index in [0.29, 0.717) is 5.82 Å². The van der Waals surface area contributed by atoms with Gasteiger partial charge in [0, 0.05) is 0 Å². The molecule has 2 aliphatic heterocycles. The summed E-state index contributed by atoms with van der Waals surface area (Å²) in [5, 5.41) is 6.18. The monoisotopic (exact) mass is 135 g/mol. The summed E-state index contributed by atoms with van der Waals surface area (Å²) in [5.41, 5.74) is 6.76. The van der Waals surface area contributed by atoms with E-state index in [0.717, 1.165) is 0 Å². The van der Waals surface area contributed by atoms with Gasteiger partial charge in [0.15, 0.2) is 0 Å². The molecule has 0 spiro atoms. The Morgan fingerprint density at radius 1 is 1.40 bits per heavy atom. The lowest BCUT2D eigenvalue weighted by atomic mass is 10.2. The zero-order valence-corrected chi connectivity index (χ0v) is 5.46. The lowest BCUT2D eigenvalue weighted by Gasteiger charge is -2.19. The van der Waals surface area contributed by atoms with Crippen molar-refractivity contribution in [3.63, 3.8) is 0 Å². The van der Waals surface area contributed by atoms with Crippen LogP contribution < -0.4 is 16.4 Å². The summed E-state index contributed by atoms with van der Waals surface area (Å²) in [6.45, 7) is 0. The summed E-state index contributed by atoms with van der Waals surface area (Å²) in [5.74, 6) is 0.713. The third-order valence-electron chi connectivity index (χ3n) is 1.64. The fraction of sp³-hybridized carbons (Fsp3) is 0.143. The number of hydrogen-bond acceptors (Lipinski definition) is 3. The van der Waals surface area contributed by atoms with E-state index in [9.17, 15) is 0 Å². The summed E-state index contributed by atoms with van der Waals surface area (Å²) in [7, 11) is 0. The van der Waals surface area contributed by atoms with Crippen molar-refractivity contribution in [3.05, 3.63) is 35.8 Å². The van der Waals surface area contributed by atoms with E-state index in [1.807, 2.05) is 24.4 Å². The van der Waals surface area contributed by atoms with Gasteiger partial charge in [0.25, 0.3) is 0 Å². The number of dihydropyridines is 1. The summed E-state index contributed by atoms with van der Waals surface area (Å²) in [6.07, 6.45) is 8.01. The Labute approximate surface area is 59.3 Å². The molecule has 0 bridgehead atoms. The maximum absolute atomic E-state index is 5.53. The minimum atomic E-state index is 0.199. The molecule has 2 rings (SSSR count). The van der Waals surface area contributed by atoms with Crippen LogP contribution in [0, 0.1) is 0 Å². The summed E-state index contributed by atoms with van der Waals surface area (Å²) >= 11 is 0. The van der Waals surface area contributed by atoms with Crippen LogP contribution in [0.4, 0.5) is 0 Å². The number of nitrogens with two attached hydrogens (primary N) is 1. The van der Waals surface area contributed by atoms with Crippen LogP contribution in [-0.4, -0.2) is 6.17 Å². The lowest BCUT2D eigenvalue weighted by Crippen LogP contribution is -2.41. The molecule has 3 heteroatoms. The molecule has 3 nitrogen and oxygen atoms in total. The van der Waals surface area contributed by atoms with E-state index in [1.165, 1.54) is 5.57 Å². The van der Waals surface area contributed by atoms with Crippen molar-refractivity contribution >= 4 is 0 Å². The van der Waals surface area contributed by atoms with Crippen LogP contribution in [0.5, 0.6) is 0 Å².